The summed E-state index contributed by atoms with van der Waals surface area (Å²) in [7, 11) is 1.73. The summed E-state index contributed by atoms with van der Waals surface area (Å²) < 4.78 is 17.7. The van der Waals surface area contributed by atoms with Gasteiger partial charge in [-0.3, -0.25) is 0 Å². The van der Waals surface area contributed by atoms with Crippen molar-refractivity contribution in [3.63, 3.8) is 0 Å². The van der Waals surface area contributed by atoms with Crippen LogP contribution in [0.2, 0.25) is 10.0 Å². The standard InChI is InChI=1S/C11H12Cl2FNO/c1-15-6-8(5-14)7-16-11-3-2-9(12)4-10(11)13/h2-5,15H,6-7H2,1H3. The third-order valence-corrected chi connectivity index (χ3v) is 2.40. The molecule has 0 aliphatic rings. The predicted octanol–water partition coefficient (Wildman–Crippen LogP) is 3.45. The van der Waals surface area contributed by atoms with Crippen molar-refractivity contribution >= 4 is 23.2 Å². The molecular weight excluding hydrogens is 252 g/mol. The molecule has 0 saturated heterocycles. The minimum atomic E-state index is 0.151. The summed E-state index contributed by atoms with van der Waals surface area (Å²) >= 11 is 11.6. The first kappa shape index (κ1) is 13.3. The summed E-state index contributed by atoms with van der Waals surface area (Å²) in [5, 5.41) is 3.78. The Balaban J connectivity index is 2.60. The van der Waals surface area contributed by atoms with Gasteiger partial charge in [0.25, 0.3) is 0 Å². The van der Waals surface area contributed by atoms with Crippen molar-refractivity contribution in [1.29, 1.82) is 0 Å². The van der Waals surface area contributed by atoms with Gasteiger partial charge >= 0.3 is 0 Å². The molecule has 88 valence electrons. The topological polar surface area (TPSA) is 21.3 Å². The molecule has 1 aromatic carbocycles. The summed E-state index contributed by atoms with van der Waals surface area (Å²) in [6.45, 7) is 0.584. The lowest BCUT2D eigenvalue weighted by atomic mass is 10.3. The molecule has 0 aliphatic heterocycles. The van der Waals surface area contributed by atoms with Crippen molar-refractivity contribution in [3.8, 4) is 5.75 Å². The second kappa shape index (κ2) is 6.74. The van der Waals surface area contributed by atoms with Gasteiger partial charge in [0.05, 0.1) is 11.4 Å². The van der Waals surface area contributed by atoms with Crippen LogP contribution in [0.3, 0.4) is 0 Å². The number of rotatable bonds is 5. The average molecular weight is 264 g/mol. The van der Waals surface area contributed by atoms with Crippen LogP contribution >= 0.6 is 23.2 Å². The molecule has 0 atom stereocenters. The van der Waals surface area contributed by atoms with Crippen LogP contribution in [0.15, 0.2) is 30.1 Å². The second-order valence-electron chi connectivity index (χ2n) is 3.16. The first-order valence-corrected chi connectivity index (χ1v) is 5.43. The molecule has 2 nitrogen and oxygen atoms in total. The Bertz CT molecular complexity index is 382. The van der Waals surface area contributed by atoms with E-state index < -0.39 is 0 Å². The third-order valence-electron chi connectivity index (χ3n) is 1.87. The average Bonchev–Trinajstić information content (AvgIpc) is 2.26. The molecule has 0 spiro atoms. The number of nitrogens with one attached hydrogen (secondary N) is 1. The van der Waals surface area contributed by atoms with Crippen molar-refractivity contribution < 1.29 is 9.13 Å². The minimum absolute atomic E-state index is 0.151. The smallest absolute Gasteiger partial charge is 0.138 e. The molecule has 1 aromatic rings. The zero-order chi connectivity index (χ0) is 12.0. The van der Waals surface area contributed by atoms with Crippen LogP contribution in [0.1, 0.15) is 0 Å². The first-order valence-electron chi connectivity index (χ1n) is 4.68. The maximum absolute atomic E-state index is 12.4. The highest BCUT2D eigenvalue weighted by atomic mass is 35.5. The predicted molar refractivity (Wildman–Crippen MR) is 65.1 cm³/mol. The van der Waals surface area contributed by atoms with E-state index in [0.29, 0.717) is 34.2 Å². The van der Waals surface area contributed by atoms with Crippen LogP contribution in [-0.4, -0.2) is 20.2 Å². The fraction of sp³-hybridized carbons (Fsp3) is 0.273. The van der Waals surface area contributed by atoms with Crippen LogP contribution < -0.4 is 10.1 Å². The molecule has 0 aliphatic carbocycles. The lowest BCUT2D eigenvalue weighted by Gasteiger charge is -2.09. The summed E-state index contributed by atoms with van der Waals surface area (Å²) in [6.07, 6.45) is 0.528. The fourth-order valence-electron chi connectivity index (χ4n) is 1.11. The van der Waals surface area contributed by atoms with Gasteiger partial charge in [-0.15, -0.1) is 0 Å². The Hall–Kier alpha value is -0.770. The van der Waals surface area contributed by atoms with E-state index in [4.69, 9.17) is 27.9 Å². The number of halogens is 3. The minimum Gasteiger partial charge on any atom is -0.488 e. The number of likely N-dealkylation sites (N-methyl/N-ethyl adjacent to an activating group) is 1. The lowest BCUT2D eigenvalue weighted by Crippen LogP contribution is -2.15. The molecule has 0 unspecified atom stereocenters. The van der Waals surface area contributed by atoms with E-state index in [1.807, 2.05) is 0 Å². The van der Waals surface area contributed by atoms with Gasteiger partial charge in [-0.05, 0) is 25.2 Å². The summed E-state index contributed by atoms with van der Waals surface area (Å²) in [5.74, 6) is 0.488. The van der Waals surface area contributed by atoms with E-state index >= 15 is 0 Å². The SMILES string of the molecule is CNCC(=CF)COc1ccc(Cl)cc1Cl. The van der Waals surface area contributed by atoms with Crippen LogP contribution in [-0.2, 0) is 0 Å². The lowest BCUT2D eigenvalue weighted by molar-refractivity contribution is 0.346. The summed E-state index contributed by atoms with van der Waals surface area (Å²) in [5.41, 5.74) is 0.508. The van der Waals surface area contributed by atoms with Crippen LogP contribution in [0.5, 0.6) is 5.75 Å². The van der Waals surface area contributed by atoms with E-state index in [1.54, 1.807) is 25.2 Å². The molecular formula is C11H12Cl2FNO. The van der Waals surface area contributed by atoms with E-state index in [-0.39, 0.29) is 6.61 Å². The molecule has 0 saturated carbocycles. The van der Waals surface area contributed by atoms with Crippen molar-refractivity contribution in [2.75, 3.05) is 20.2 Å². The Morgan fingerprint density at radius 3 is 2.81 bits per heavy atom. The first-order chi connectivity index (χ1) is 7.67. The summed E-state index contributed by atoms with van der Waals surface area (Å²) in [6, 6.07) is 4.90. The van der Waals surface area contributed by atoms with Gasteiger partial charge in [0.15, 0.2) is 0 Å². The maximum Gasteiger partial charge on any atom is 0.138 e. The number of hydrogen-bond acceptors (Lipinski definition) is 2. The van der Waals surface area contributed by atoms with Gasteiger partial charge in [-0.2, -0.15) is 0 Å². The zero-order valence-electron chi connectivity index (χ0n) is 8.77. The normalized spacial score (nSPS) is 11.6. The van der Waals surface area contributed by atoms with E-state index in [0.717, 1.165) is 0 Å². The molecule has 0 heterocycles. The highest BCUT2D eigenvalue weighted by molar-refractivity contribution is 6.35. The maximum atomic E-state index is 12.4. The molecule has 16 heavy (non-hydrogen) atoms. The quantitative estimate of drug-likeness (QED) is 0.879. The molecule has 0 radical (unpaired) electrons. The van der Waals surface area contributed by atoms with E-state index in [2.05, 4.69) is 5.32 Å². The Labute approximate surface area is 104 Å². The molecule has 0 fully saturated rings. The van der Waals surface area contributed by atoms with Crippen molar-refractivity contribution in [3.05, 3.63) is 40.1 Å². The van der Waals surface area contributed by atoms with E-state index in [1.165, 1.54) is 0 Å². The Morgan fingerprint density at radius 2 is 2.25 bits per heavy atom. The number of ether oxygens (including phenoxy) is 1. The number of hydrogen-bond donors (Lipinski definition) is 1. The molecule has 5 heteroatoms. The highest BCUT2D eigenvalue weighted by Crippen LogP contribution is 2.27. The van der Waals surface area contributed by atoms with Gasteiger partial charge in [-0.1, -0.05) is 23.2 Å². The van der Waals surface area contributed by atoms with E-state index in [9.17, 15) is 4.39 Å². The molecule has 1 N–H and O–H groups in total. The zero-order valence-corrected chi connectivity index (χ0v) is 10.3. The summed E-state index contributed by atoms with van der Waals surface area (Å²) in [4.78, 5) is 0. The van der Waals surface area contributed by atoms with Crippen molar-refractivity contribution in [1.82, 2.24) is 5.32 Å². The third kappa shape index (κ3) is 4.00. The highest BCUT2D eigenvalue weighted by Gasteiger charge is 2.04. The monoisotopic (exact) mass is 263 g/mol. The molecule has 0 amide bonds. The Kier molecular flexibility index (Phi) is 5.60. The van der Waals surface area contributed by atoms with Gasteiger partial charge < -0.3 is 10.1 Å². The largest absolute Gasteiger partial charge is 0.488 e. The molecule has 0 aromatic heterocycles. The fourth-order valence-corrected chi connectivity index (χ4v) is 1.57. The van der Waals surface area contributed by atoms with Gasteiger partial charge in [0.2, 0.25) is 0 Å². The van der Waals surface area contributed by atoms with Gasteiger partial charge in [-0.25, -0.2) is 4.39 Å². The number of benzene rings is 1. The second-order valence-corrected chi connectivity index (χ2v) is 4.00. The van der Waals surface area contributed by atoms with Crippen molar-refractivity contribution in [2.24, 2.45) is 0 Å². The Morgan fingerprint density at radius 1 is 1.50 bits per heavy atom. The molecule has 0 bridgehead atoms. The van der Waals surface area contributed by atoms with Crippen LogP contribution in [0, 0.1) is 0 Å². The van der Waals surface area contributed by atoms with Gasteiger partial charge in [0.1, 0.15) is 12.4 Å². The van der Waals surface area contributed by atoms with Crippen LogP contribution in [0.25, 0.3) is 0 Å². The van der Waals surface area contributed by atoms with Crippen LogP contribution in [0.4, 0.5) is 4.39 Å². The molecule has 1 rings (SSSR count). The van der Waals surface area contributed by atoms with Gasteiger partial charge in [0, 0.05) is 17.1 Å². The van der Waals surface area contributed by atoms with Crippen molar-refractivity contribution in [2.45, 2.75) is 0 Å².